The van der Waals surface area contributed by atoms with Crippen LogP contribution in [0.1, 0.15) is 11.1 Å². The minimum absolute atomic E-state index is 0.430. The Hall–Kier alpha value is -0.0900. The van der Waals surface area contributed by atoms with Gasteiger partial charge in [0.1, 0.15) is 0 Å². The zero-order valence-electron chi connectivity index (χ0n) is 6.80. The molecule has 0 bridgehead atoms. The molecular formula is C7H7Cl2O4P. The molecule has 0 fully saturated rings. The molecular weight excluding hydrogens is 250 g/mol. The lowest BCUT2D eigenvalue weighted by Gasteiger charge is -2.11. The van der Waals surface area contributed by atoms with Crippen LogP contribution in [0.3, 0.4) is 0 Å². The largest absolute Gasteiger partial charge is 0.471 e. The summed E-state index contributed by atoms with van der Waals surface area (Å²) in [6, 6.07) is 6.15. The number of halogens is 2. The number of rotatable bonds is 3. The quantitative estimate of drug-likeness (QED) is 0.645. The van der Waals surface area contributed by atoms with Crippen LogP contribution in [0.2, 0.25) is 5.02 Å². The molecule has 2 N–H and O–H groups in total. The zero-order chi connectivity index (χ0) is 10.8. The monoisotopic (exact) mass is 256 g/mol. The first-order valence-electron chi connectivity index (χ1n) is 3.52. The lowest BCUT2D eigenvalue weighted by Crippen LogP contribution is -1.94. The molecule has 0 saturated carbocycles. The van der Waals surface area contributed by atoms with Gasteiger partial charge in [-0.25, -0.2) is 4.57 Å². The highest BCUT2D eigenvalue weighted by Gasteiger charge is 2.21. The van der Waals surface area contributed by atoms with Crippen LogP contribution in [0.5, 0.6) is 0 Å². The number of phosphoric acid groups is 1. The molecule has 0 spiro atoms. The molecule has 0 radical (unpaired) electrons. The van der Waals surface area contributed by atoms with Crippen molar-refractivity contribution < 1.29 is 18.9 Å². The van der Waals surface area contributed by atoms with Crippen LogP contribution >= 0.6 is 31.0 Å². The molecule has 0 aliphatic heterocycles. The molecule has 1 atom stereocenters. The van der Waals surface area contributed by atoms with Crippen LogP contribution in [0.4, 0.5) is 0 Å². The Kier molecular flexibility index (Phi) is 3.95. The molecule has 78 valence electrons. The Morgan fingerprint density at radius 3 is 2.21 bits per heavy atom. The van der Waals surface area contributed by atoms with Crippen molar-refractivity contribution in [2.24, 2.45) is 0 Å². The minimum atomic E-state index is -4.56. The second-order valence-electron chi connectivity index (χ2n) is 2.46. The van der Waals surface area contributed by atoms with Gasteiger partial charge in [0, 0.05) is 5.02 Å². The maximum atomic E-state index is 10.4. The number of phosphoric ester groups is 1. The van der Waals surface area contributed by atoms with E-state index in [0.29, 0.717) is 10.6 Å². The molecule has 1 unspecified atom stereocenters. The first kappa shape index (κ1) is 12.0. The van der Waals surface area contributed by atoms with Crippen LogP contribution in [0.25, 0.3) is 0 Å². The highest BCUT2D eigenvalue weighted by atomic mass is 35.5. The van der Waals surface area contributed by atoms with Crippen LogP contribution in [-0.4, -0.2) is 9.79 Å². The first-order chi connectivity index (χ1) is 6.38. The molecule has 0 amide bonds. The molecule has 7 heteroatoms. The van der Waals surface area contributed by atoms with Gasteiger partial charge < -0.3 is 9.79 Å². The molecule has 1 aromatic carbocycles. The maximum absolute atomic E-state index is 10.4. The third kappa shape index (κ3) is 3.96. The summed E-state index contributed by atoms with van der Waals surface area (Å²) in [6.07, 6.45) is 0. The Morgan fingerprint density at radius 2 is 1.79 bits per heavy atom. The molecule has 0 aliphatic carbocycles. The van der Waals surface area contributed by atoms with E-state index < -0.39 is 13.4 Å². The molecule has 4 nitrogen and oxygen atoms in total. The van der Waals surface area contributed by atoms with Crippen molar-refractivity contribution in [2.75, 3.05) is 0 Å². The summed E-state index contributed by atoms with van der Waals surface area (Å²) < 4.78 is 14.7. The summed E-state index contributed by atoms with van der Waals surface area (Å²) in [5, 5.41) is 0.508. The van der Waals surface area contributed by atoms with Crippen molar-refractivity contribution in [3.63, 3.8) is 0 Å². The number of alkyl halides is 1. The predicted octanol–water partition coefficient (Wildman–Crippen LogP) is 2.69. The third-order valence-electron chi connectivity index (χ3n) is 1.36. The Bertz CT molecular complexity index is 347. The summed E-state index contributed by atoms with van der Waals surface area (Å²) in [6.45, 7) is 0. The minimum Gasteiger partial charge on any atom is -0.303 e. The van der Waals surface area contributed by atoms with Crippen molar-refractivity contribution in [3.8, 4) is 0 Å². The maximum Gasteiger partial charge on any atom is 0.471 e. The van der Waals surface area contributed by atoms with Crippen molar-refractivity contribution in [3.05, 3.63) is 34.9 Å². The highest BCUT2D eigenvalue weighted by molar-refractivity contribution is 7.46. The molecule has 0 aliphatic rings. The molecule has 0 aromatic heterocycles. The Balaban J connectivity index is 2.75. The molecule has 14 heavy (non-hydrogen) atoms. The van der Waals surface area contributed by atoms with Crippen molar-refractivity contribution in [1.29, 1.82) is 0 Å². The number of hydrogen-bond donors (Lipinski definition) is 2. The molecule has 1 aromatic rings. The third-order valence-corrected chi connectivity index (χ3v) is 2.56. The van der Waals surface area contributed by atoms with Gasteiger partial charge in [0.05, 0.1) is 0 Å². The van der Waals surface area contributed by atoms with Gasteiger partial charge in [-0.15, -0.1) is 0 Å². The second kappa shape index (κ2) is 4.62. The lowest BCUT2D eigenvalue weighted by atomic mass is 10.2. The van der Waals surface area contributed by atoms with Crippen LogP contribution < -0.4 is 0 Å². The SMILES string of the molecule is O=P(O)(O)OC(Cl)c1ccc(Cl)cc1. The summed E-state index contributed by atoms with van der Waals surface area (Å²) in [5.74, 6) is 0. The normalized spacial score (nSPS) is 14.0. The fraction of sp³-hybridized carbons (Fsp3) is 0.143. The fourth-order valence-corrected chi connectivity index (χ4v) is 1.74. The Labute approximate surface area is 90.7 Å². The van der Waals surface area contributed by atoms with Gasteiger partial charge in [-0.1, -0.05) is 35.3 Å². The van der Waals surface area contributed by atoms with E-state index in [-0.39, 0.29) is 0 Å². The van der Waals surface area contributed by atoms with E-state index in [2.05, 4.69) is 4.52 Å². The second-order valence-corrected chi connectivity index (χ2v) is 4.49. The van der Waals surface area contributed by atoms with Crippen molar-refractivity contribution >= 4 is 31.0 Å². The molecule has 0 heterocycles. The van der Waals surface area contributed by atoms with Gasteiger partial charge in [-0.3, -0.25) is 4.52 Å². The van der Waals surface area contributed by atoms with E-state index in [1.807, 2.05) is 0 Å². The first-order valence-corrected chi connectivity index (χ1v) is 5.86. The van der Waals surface area contributed by atoms with Gasteiger partial charge in [0.2, 0.25) is 0 Å². The van der Waals surface area contributed by atoms with Crippen LogP contribution in [0.15, 0.2) is 24.3 Å². The van der Waals surface area contributed by atoms with Gasteiger partial charge in [-0.05, 0) is 17.7 Å². The van der Waals surface area contributed by atoms with Crippen molar-refractivity contribution in [1.82, 2.24) is 0 Å². The fourth-order valence-electron chi connectivity index (χ4n) is 0.796. The topological polar surface area (TPSA) is 66.8 Å². The Morgan fingerprint density at radius 1 is 1.29 bits per heavy atom. The molecule has 0 saturated heterocycles. The van der Waals surface area contributed by atoms with Gasteiger partial charge in [-0.2, -0.15) is 0 Å². The van der Waals surface area contributed by atoms with Gasteiger partial charge in [0.25, 0.3) is 0 Å². The predicted molar refractivity (Wildman–Crippen MR) is 53.2 cm³/mol. The van der Waals surface area contributed by atoms with E-state index in [1.165, 1.54) is 12.1 Å². The number of benzene rings is 1. The average Bonchev–Trinajstić information content (AvgIpc) is 2.02. The summed E-state index contributed by atoms with van der Waals surface area (Å²) >= 11 is 11.2. The zero-order valence-corrected chi connectivity index (χ0v) is 9.21. The van der Waals surface area contributed by atoms with E-state index in [4.69, 9.17) is 33.0 Å². The van der Waals surface area contributed by atoms with Crippen LogP contribution in [0, 0.1) is 0 Å². The van der Waals surface area contributed by atoms with E-state index in [9.17, 15) is 4.57 Å². The molecule has 1 rings (SSSR count). The highest BCUT2D eigenvalue weighted by Crippen LogP contribution is 2.43. The van der Waals surface area contributed by atoms with Gasteiger partial charge in [0.15, 0.2) is 5.56 Å². The summed E-state index contributed by atoms with van der Waals surface area (Å²) in [5.41, 5.74) is -0.757. The van der Waals surface area contributed by atoms with Crippen LogP contribution in [-0.2, 0) is 9.09 Å². The van der Waals surface area contributed by atoms with E-state index in [0.717, 1.165) is 0 Å². The van der Waals surface area contributed by atoms with E-state index >= 15 is 0 Å². The summed E-state index contributed by atoms with van der Waals surface area (Å²) in [7, 11) is -4.56. The lowest BCUT2D eigenvalue weighted by molar-refractivity contribution is 0.180. The van der Waals surface area contributed by atoms with E-state index in [1.54, 1.807) is 12.1 Å². The van der Waals surface area contributed by atoms with Gasteiger partial charge >= 0.3 is 7.82 Å². The smallest absolute Gasteiger partial charge is 0.303 e. The number of hydrogen-bond acceptors (Lipinski definition) is 2. The standard InChI is InChI=1S/C7H7Cl2O4P/c8-6-3-1-5(2-4-6)7(9)13-14(10,11)12/h1-4,7H,(H2,10,11,12). The summed E-state index contributed by atoms with van der Waals surface area (Å²) in [4.78, 5) is 17.0. The van der Waals surface area contributed by atoms with Crippen molar-refractivity contribution in [2.45, 2.75) is 5.56 Å². The average molecular weight is 257 g/mol.